The largest absolute Gasteiger partial charge is 0.380 e. The lowest BCUT2D eigenvalue weighted by molar-refractivity contribution is 0.0997. The van der Waals surface area contributed by atoms with E-state index in [4.69, 9.17) is 5.73 Å². The Morgan fingerprint density at radius 2 is 1.96 bits per heavy atom. The Morgan fingerprint density at radius 1 is 1.27 bits per heavy atom. The summed E-state index contributed by atoms with van der Waals surface area (Å²) in [5.74, 6) is -1.48. The highest BCUT2D eigenvalue weighted by atomic mass is 79.9. The van der Waals surface area contributed by atoms with E-state index in [0.29, 0.717) is 16.7 Å². The molecule has 0 aliphatic heterocycles. The first-order chi connectivity index (χ1) is 12.4. The smallest absolute Gasteiger partial charge is 0.253 e. The fourth-order valence-corrected chi connectivity index (χ4v) is 3.33. The molecule has 0 fully saturated rings. The van der Waals surface area contributed by atoms with E-state index in [-0.39, 0.29) is 5.56 Å². The number of anilines is 1. The summed E-state index contributed by atoms with van der Waals surface area (Å²) in [6, 6.07) is 12.7. The predicted molar refractivity (Wildman–Crippen MR) is 103 cm³/mol. The van der Waals surface area contributed by atoms with E-state index in [9.17, 15) is 9.18 Å². The van der Waals surface area contributed by atoms with Crippen LogP contribution in [0.1, 0.15) is 27.3 Å². The number of amides is 1. The molecule has 0 radical (unpaired) electrons. The van der Waals surface area contributed by atoms with E-state index < -0.39 is 11.7 Å². The summed E-state index contributed by atoms with van der Waals surface area (Å²) in [6.45, 7) is 4.28. The standard InChI is InChI=1S/C19H18BrFN4O/c1-11-15(12(2)25(24-11)14-6-4-3-5-7-14)10-23-17-9-13(20)8-16(21)18(17)19(22)26/h3-9,23H,10H2,1-2H3,(H2,22,26). The number of primary amides is 1. The number of nitrogens with two attached hydrogens (primary N) is 1. The number of aromatic nitrogens is 2. The monoisotopic (exact) mass is 416 g/mol. The van der Waals surface area contributed by atoms with Gasteiger partial charge in [0.2, 0.25) is 0 Å². The number of halogens is 2. The first-order valence-electron chi connectivity index (χ1n) is 8.01. The Kier molecular flexibility index (Phi) is 5.08. The number of carbonyl (C=O) groups is 1. The van der Waals surface area contributed by atoms with Gasteiger partial charge in [0, 0.05) is 22.3 Å². The SMILES string of the molecule is Cc1nn(-c2ccccc2)c(C)c1CNc1cc(Br)cc(F)c1C(N)=O. The molecule has 1 aromatic heterocycles. The summed E-state index contributed by atoms with van der Waals surface area (Å²) < 4.78 is 16.5. The highest BCUT2D eigenvalue weighted by Crippen LogP contribution is 2.26. The fourth-order valence-electron chi connectivity index (χ4n) is 2.90. The van der Waals surface area contributed by atoms with Gasteiger partial charge in [-0.1, -0.05) is 34.1 Å². The third kappa shape index (κ3) is 3.48. The topological polar surface area (TPSA) is 72.9 Å². The highest BCUT2D eigenvalue weighted by Gasteiger charge is 2.17. The Bertz CT molecular complexity index is 969. The molecule has 0 bridgehead atoms. The summed E-state index contributed by atoms with van der Waals surface area (Å²) in [7, 11) is 0. The highest BCUT2D eigenvalue weighted by molar-refractivity contribution is 9.10. The van der Waals surface area contributed by atoms with Crippen molar-refractivity contribution in [1.29, 1.82) is 0 Å². The van der Waals surface area contributed by atoms with E-state index in [1.165, 1.54) is 6.07 Å². The number of para-hydroxylation sites is 1. The number of carbonyl (C=O) groups excluding carboxylic acids is 1. The Balaban J connectivity index is 1.92. The summed E-state index contributed by atoms with van der Waals surface area (Å²) in [5.41, 5.74) is 9.28. The summed E-state index contributed by atoms with van der Waals surface area (Å²) in [6.07, 6.45) is 0. The minimum absolute atomic E-state index is 0.154. The van der Waals surface area contributed by atoms with E-state index in [0.717, 1.165) is 22.6 Å². The van der Waals surface area contributed by atoms with Crippen molar-refractivity contribution in [2.75, 3.05) is 5.32 Å². The van der Waals surface area contributed by atoms with Gasteiger partial charge >= 0.3 is 0 Å². The Morgan fingerprint density at radius 3 is 2.62 bits per heavy atom. The van der Waals surface area contributed by atoms with Gasteiger partial charge < -0.3 is 11.1 Å². The average molecular weight is 417 g/mol. The van der Waals surface area contributed by atoms with Crippen LogP contribution in [0.2, 0.25) is 0 Å². The second kappa shape index (κ2) is 7.29. The molecule has 0 aliphatic rings. The lowest BCUT2D eigenvalue weighted by Crippen LogP contribution is -2.17. The van der Waals surface area contributed by atoms with Crippen molar-refractivity contribution >= 4 is 27.5 Å². The number of nitrogens with zero attached hydrogens (tertiary/aromatic N) is 2. The summed E-state index contributed by atoms with van der Waals surface area (Å²) >= 11 is 3.24. The van der Waals surface area contributed by atoms with Crippen LogP contribution in [0.25, 0.3) is 5.69 Å². The molecule has 2 aromatic carbocycles. The summed E-state index contributed by atoms with van der Waals surface area (Å²) in [4.78, 5) is 11.6. The van der Waals surface area contributed by atoms with Crippen LogP contribution in [0.15, 0.2) is 46.9 Å². The molecular formula is C19H18BrFN4O. The third-order valence-corrected chi connectivity index (χ3v) is 4.66. The van der Waals surface area contributed by atoms with Gasteiger partial charge in [-0.05, 0) is 38.1 Å². The summed E-state index contributed by atoms with van der Waals surface area (Å²) in [5, 5.41) is 7.70. The molecule has 3 N–H and O–H groups in total. The number of hydrogen-bond donors (Lipinski definition) is 2. The molecule has 0 unspecified atom stereocenters. The predicted octanol–water partition coefficient (Wildman–Crippen LogP) is 4.10. The second-order valence-corrected chi connectivity index (χ2v) is 6.84. The van der Waals surface area contributed by atoms with Crippen molar-refractivity contribution in [3.63, 3.8) is 0 Å². The van der Waals surface area contributed by atoms with Gasteiger partial charge in [-0.15, -0.1) is 0 Å². The van der Waals surface area contributed by atoms with Crippen molar-refractivity contribution in [3.05, 3.63) is 75.3 Å². The minimum atomic E-state index is -0.814. The van der Waals surface area contributed by atoms with E-state index >= 15 is 0 Å². The molecule has 0 spiro atoms. The Hall–Kier alpha value is -2.67. The van der Waals surface area contributed by atoms with E-state index in [2.05, 4.69) is 26.3 Å². The first-order valence-corrected chi connectivity index (χ1v) is 8.81. The van der Waals surface area contributed by atoms with Gasteiger partial charge in [0.15, 0.2) is 0 Å². The van der Waals surface area contributed by atoms with Crippen molar-refractivity contribution in [2.24, 2.45) is 5.73 Å². The van der Waals surface area contributed by atoms with Crippen molar-refractivity contribution in [3.8, 4) is 5.69 Å². The van der Waals surface area contributed by atoms with Crippen LogP contribution in [0, 0.1) is 19.7 Å². The lowest BCUT2D eigenvalue weighted by Gasteiger charge is -2.12. The maximum absolute atomic E-state index is 14.1. The van der Waals surface area contributed by atoms with Gasteiger partial charge in [0.25, 0.3) is 5.91 Å². The average Bonchev–Trinajstić information content (AvgIpc) is 2.87. The zero-order chi connectivity index (χ0) is 18.8. The second-order valence-electron chi connectivity index (χ2n) is 5.92. The minimum Gasteiger partial charge on any atom is -0.380 e. The zero-order valence-electron chi connectivity index (χ0n) is 14.4. The first kappa shape index (κ1) is 18.1. The van der Waals surface area contributed by atoms with Crippen molar-refractivity contribution in [1.82, 2.24) is 9.78 Å². The molecule has 3 rings (SSSR count). The molecular weight excluding hydrogens is 399 g/mol. The van der Waals surface area contributed by atoms with Gasteiger partial charge in [0.1, 0.15) is 5.82 Å². The molecule has 1 heterocycles. The fraction of sp³-hybridized carbons (Fsp3) is 0.158. The van der Waals surface area contributed by atoms with Crippen LogP contribution in [-0.4, -0.2) is 15.7 Å². The van der Waals surface area contributed by atoms with Crippen molar-refractivity contribution < 1.29 is 9.18 Å². The van der Waals surface area contributed by atoms with Gasteiger partial charge in [0.05, 0.1) is 22.6 Å². The normalized spacial score (nSPS) is 10.8. The molecule has 1 amide bonds. The molecule has 0 saturated carbocycles. The van der Waals surface area contributed by atoms with Gasteiger partial charge in [-0.25, -0.2) is 9.07 Å². The third-order valence-electron chi connectivity index (χ3n) is 4.20. The number of aryl methyl sites for hydroxylation is 1. The van der Waals surface area contributed by atoms with Crippen LogP contribution in [-0.2, 0) is 6.54 Å². The molecule has 134 valence electrons. The van der Waals surface area contributed by atoms with Crippen LogP contribution >= 0.6 is 15.9 Å². The molecule has 0 saturated heterocycles. The molecule has 0 aliphatic carbocycles. The number of rotatable bonds is 5. The molecule has 5 nitrogen and oxygen atoms in total. The van der Waals surface area contributed by atoms with Crippen LogP contribution in [0.5, 0.6) is 0 Å². The van der Waals surface area contributed by atoms with Crippen LogP contribution in [0.3, 0.4) is 0 Å². The van der Waals surface area contributed by atoms with Crippen LogP contribution in [0.4, 0.5) is 10.1 Å². The Labute approximate surface area is 159 Å². The molecule has 7 heteroatoms. The number of nitrogens with one attached hydrogen (secondary N) is 1. The lowest BCUT2D eigenvalue weighted by atomic mass is 10.1. The van der Waals surface area contributed by atoms with E-state index in [1.807, 2.05) is 48.9 Å². The van der Waals surface area contributed by atoms with Crippen LogP contribution < -0.4 is 11.1 Å². The molecule has 0 atom stereocenters. The van der Waals surface area contributed by atoms with Crippen molar-refractivity contribution in [2.45, 2.75) is 20.4 Å². The maximum Gasteiger partial charge on any atom is 0.253 e. The quantitative estimate of drug-likeness (QED) is 0.657. The number of hydrogen-bond acceptors (Lipinski definition) is 3. The van der Waals surface area contributed by atoms with E-state index in [1.54, 1.807) is 6.07 Å². The van der Waals surface area contributed by atoms with Gasteiger partial charge in [-0.2, -0.15) is 5.10 Å². The molecule has 26 heavy (non-hydrogen) atoms. The van der Waals surface area contributed by atoms with Gasteiger partial charge in [-0.3, -0.25) is 4.79 Å². The zero-order valence-corrected chi connectivity index (χ0v) is 16.0. The maximum atomic E-state index is 14.1. The number of benzene rings is 2. The molecule has 3 aromatic rings.